The highest BCUT2D eigenvalue weighted by Crippen LogP contribution is 2.09. The molecule has 1 aromatic carbocycles. The maximum Gasteiger partial charge on any atom is 0.409 e. The summed E-state index contributed by atoms with van der Waals surface area (Å²) in [6.45, 7) is 11.9. The first-order valence-electron chi connectivity index (χ1n) is 9.78. The summed E-state index contributed by atoms with van der Waals surface area (Å²) in [7, 11) is 0. The summed E-state index contributed by atoms with van der Waals surface area (Å²) in [5, 5.41) is 3.35. The van der Waals surface area contributed by atoms with Gasteiger partial charge in [0.2, 0.25) is 0 Å². The number of carbonyl (C=O) groups is 1. The Kier molecular flexibility index (Phi) is 8.91. The van der Waals surface area contributed by atoms with Crippen molar-refractivity contribution in [1.82, 2.24) is 15.1 Å². The molecule has 1 heterocycles. The van der Waals surface area contributed by atoms with Gasteiger partial charge in [0.05, 0.1) is 19.8 Å². The third-order valence-corrected chi connectivity index (χ3v) is 4.35. The Labute approximate surface area is 162 Å². The van der Waals surface area contributed by atoms with Crippen LogP contribution in [0.5, 0.6) is 0 Å². The lowest BCUT2D eigenvalue weighted by Crippen LogP contribution is -2.53. The average molecular weight is 377 g/mol. The van der Waals surface area contributed by atoms with Crippen molar-refractivity contribution in [1.29, 1.82) is 0 Å². The van der Waals surface area contributed by atoms with Gasteiger partial charge in [-0.15, -0.1) is 0 Å². The number of hydrogen-bond donors (Lipinski definition) is 1. The van der Waals surface area contributed by atoms with Crippen molar-refractivity contribution in [2.45, 2.75) is 33.9 Å². The Hall–Kier alpha value is -2.28. The number of carbonyl (C=O) groups excluding carboxylic acids is 1. The van der Waals surface area contributed by atoms with Gasteiger partial charge in [-0.3, -0.25) is 0 Å². The molecule has 7 heteroatoms. The maximum atomic E-state index is 11.8. The van der Waals surface area contributed by atoms with Gasteiger partial charge in [0.25, 0.3) is 0 Å². The Morgan fingerprint density at radius 1 is 1.00 bits per heavy atom. The van der Waals surface area contributed by atoms with E-state index in [0.717, 1.165) is 37.8 Å². The summed E-state index contributed by atoms with van der Waals surface area (Å²) in [6, 6.07) is 8.37. The second kappa shape index (κ2) is 11.4. The van der Waals surface area contributed by atoms with Crippen LogP contribution < -0.4 is 5.32 Å². The SMILES string of the molecule is CCNC(=NCc1ccc(COCC)cc1)N1CCN(C(=O)OCC)CC1. The van der Waals surface area contributed by atoms with Gasteiger partial charge in [0.1, 0.15) is 0 Å². The third kappa shape index (κ3) is 6.75. The topological polar surface area (TPSA) is 66.4 Å². The first-order chi connectivity index (χ1) is 13.2. The maximum absolute atomic E-state index is 11.8. The highest BCUT2D eigenvalue weighted by Gasteiger charge is 2.23. The predicted octanol–water partition coefficient (Wildman–Crippen LogP) is 2.46. The van der Waals surface area contributed by atoms with Crippen molar-refractivity contribution in [3.05, 3.63) is 35.4 Å². The minimum absolute atomic E-state index is 0.230. The molecule has 0 saturated carbocycles. The molecule has 2 rings (SSSR count). The van der Waals surface area contributed by atoms with Crippen LogP contribution in [0.15, 0.2) is 29.3 Å². The van der Waals surface area contributed by atoms with Crippen LogP contribution in [0.4, 0.5) is 4.79 Å². The van der Waals surface area contributed by atoms with Gasteiger partial charge in [-0.25, -0.2) is 9.79 Å². The molecule has 1 aliphatic rings. The Morgan fingerprint density at radius 3 is 2.22 bits per heavy atom. The number of nitrogens with one attached hydrogen (secondary N) is 1. The summed E-state index contributed by atoms with van der Waals surface area (Å²) in [5.74, 6) is 0.888. The number of ether oxygens (including phenoxy) is 2. The van der Waals surface area contributed by atoms with E-state index in [9.17, 15) is 4.79 Å². The molecule has 1 amide bonds. The molecular formula is C20H32N4O3. The van der Waals surface area contributed by atoms with Crippen molar-refractivity contribution in [3.8, 4) is 0 Å². The van der Waals surface area contributed by atoms with E-state index in [0.29, 0.717) is 32.8 Å². The zero-order valence-electron chi connectivity index (χ0n) is 16.7. The highest BCUT2D eigenvalue weighted by molar-refractivity contribution is 5.80. The molecule has 1 aromatic rings. The van der Waals surface area contributed by atoms with E-state index in [4.69, 9.17) is 14.5 Å². The zero-order chi connectivity index (χ0) is 19.5. The lowest BCUT2D eigenvalue weighted by Gasteiger charge is -2.35. The fourth-order valence-corrected chi connectivity index (χ4v) is 2.87. The number of benzene rings is 1. The molecule has 0 aliphatic carbocycles. The van der Waals surface area contributed by atoms with Gasteiger partial charge in [-0.1, -0.05) is 24.3 Å². The standard InChI is InChI=1S/C20H32N4O3/c1-4-21-19(23-11-13-24(14-12-23)20(25)27-6-3)22-15-17-7-9-18(10-8-17)16-26-5-2/h7-10H,4-6,11-16H2,1-3H3,(H,21,22). The van der Waals surface area contributed by atoms with E-state index in [1.165, 1.54) is 5.56 Å². The first-order valence-corrected chi connectivity index (χ1v) is 9.78. The minimum Gasteiger partial charge on any atom is -0.450 e. The summed E-state index contributed by atoms with van der Waals surface area (Å²) in [4.78, 5) is 20.6. The van der Waals surface area contributed by atoms with E-state index < -0.39 is 0 Å². The molecule has 0 radical (unpaired) electrons. The van der Waals surface area contributed by atoms with Gasteiger partial charge >= 0.3 is 6.09 Å². The molecule has 150 valence electrons. The molecule has 0 unspecified atom stereocenters. The van der Waals surface area contributed by atoms with Crippen molar-refractivity contribution < 1.29 is 14.3 Å². The van der Waals surface area contributed by atoms with Crippen LogP contribution in [-0.4, -0.2) is 67.8 Å². The normalized spacial score (nSPS) is 15.0. The van der Waals surface area contributed by atoms with E-state index in [-0.39, 0.29) is 6.09 Å². The van der Waals surface area contributed by atoms with E-state index in [1.807, 2.05) is 13.8 Å². The monoisotopic (exact) mass is 376 g/mol. The lowest BCUT2D eigenvalue weighted by atomic mass is 10.1. The van der Waals surface area contributed by atoms with Crippen LogP contribution in [-0.2, 0) is 22.6 Å². The van der Waals surface area contributed by atoms with Crippen molar-refractivity contribution >= 4 is 12.1 Å². The first kappa shape index (κ1) is 21.0. The van der Waals surface area contributed by atoms with Crippen LogP contribution in [0.3, 0.4) is 0 Å². The van der Waals surface area contributed by atoms with Crippen LogP contribution in [0.1, 0.15) is 31.9 Å². The summed E-state index contributed by atoms with van der Waals surface area (Å²) in [6.07, 6.45) is -0.230. The molecule has 7 nitrogen and oxygen atoms in total. The Bertz CT molecular complexity index is 596. The molecule has 1 N–H and O–H groups in total. The molecule has 0 aromatic heterocycles. The number of nitrogens with zero attached hydrogens (tertiary/aromatic N) is 3. The largest absolute Gasteiger partial charge is 0.450 e. The third-order valence-electron chi connectivity index (χ3n) is 4.35. The summed E-state index contributed by atoms with van der Waals surface area (Å²) in [5.41, 5.74) is 2.34. The molecule has 27 heavy (non-hydrogen) atoms. The van der Waals surface area contributed by atoms with Crippen molar-refractivity contribution in [2.75, 3.05) is 45.9 Å². The van der Waals surface area contributed by atoms with Crippen molar-refractivity contribution in [3.63, 3.8) is 0 Å². The van der Waals surface area contributed by atoms with Gasteiger partial charge in [-0.05, 0) is 31.9 Å². The number of hydrogen-bond acceptors (Lipinski definition) is 4. The smallest absolute Gasteiger partial charge is 0.409 e. The lowest BCUT2D eigenvalue weighted by molar-refractivity contribution is 0.0914. The molecule has 1 aliphatic heterocycles. The molecule has 0 bridgehead atoms. The average Bonchev–Trinajstić information content (AvgIpc) is 2.70. The number of piperazine rings is 1. The van der Waals surface area contributed by atoms with Gasteiger partial charge in [0, 0.05) is 39.3 Å². The predicted molar refractivity (Wildman–Crippen MR) is 107 cm³/mol. The number of guanidine groups is 1. The number of rotatable bonds is 7. The van der Waals surface area contributed by atoms with Gasteiger partial charge in [-0.2, -0.15) is 0 Å². The van der Waals surface area contributed by atoms with E-state index in [2.05, 4.69) is 41.4 Å². The Morgan fingerprint density at radius 2 is 1.63 bits per heavy atom. The zero-order valence-corrected chi connectivity index (χ0v) is 16.7. The summed E-state index contributed by atoms with van der Waals surface area (Å²) >= 11 is 0. The molecule has 0 atom stereocenters. The molecule has 1 saturated heterocycles. The van der Waals surface area contributed by atoms with Crippen LogP contribution in [0, 0.1) is 0 Å². The van der Waals surface area contributed by atoms with Crippen LogP contribution in [0.2, 0.25) is 0 Å². The quantitative estimate of drug-likeness (QED) is 0.585. The molecule has 0 spiro atoms. The van der Waals surface area contributed by atoms with Gasteiger partial charge in [0.15, 0.2) is 5.96 Å². The van der Waals surface area contributed by atoms with Crippen LogP contribution in [0.25, 0.3) is 0 Å². The Balaban J connectivity index is 1.91. The molecule has 1 fully saturated rings. The second-order valence-corrected chi connectivity index (χ2v) is 6.30. The van der Waals surface area contributed by atoms with Crippen LogP contribution >= 0.6 is 0 Å². The fourth-order valence-electron chi connectivity index (χ4n) is 2.87. The summed E-state index contributed by atoms with van der Waals surface area (Å²) < 4.78 is 10.5. The molecular weight excluding hydrogens is 344 g/mol. The van der Waals surface area contributed by atoms with Crippen molar-refractivity contribution in [2.24, 2.45) is 4.99 Å². The highest BCUT2D eigenvalue weighted by atomic mass is 16.6. The second-order valence-electron chi connectivity index (χ2n) is 6.30. The fraction of sp³-hybridized carbons (Fsp3) is 0.600. The number of aliphatic imine (C=N–C) groups is 1. The minimum atomic E-state index is -0.230. The number of amides is 1. The van der Waals surface area contributed by atoms with E-state index in [1.54, 1.807) is 4.90 Å². The van der Waals surface area contributed by atoms with Gasteiger partial charge < -0.3 is 24.6 Å². The van der Waals surface area contributed by atoms with E-state index >= 15 is 0 Å².